The molecule has 134 valence electrons. The average molecular weight is 366 g/mol. The second-order valence-corrected chi connectivity index (χ2v) is 7.92. The molecule has 1 aliphatic rings. The summed E-state index contributed by atoms with van der Waals surface area (Å²) in [5.74, 6) is -0.0568. The van der Waals surface area contributed by atoms with Gasteiger partial charge in [-0.05, 0) is 25.0 Å². The number of nitrogens with two attached hydrogens (primary N) is 1. The molecular formula is C21H23N3OS. The van der Waals surface area contributed by atoms with Crippen LogP contribution < -0.4 is 11.1 Å². The molecule has 2 aromatic heterocycles. The van der Waals surface area contributed by atoms with Crippen LogP contribution in [0.5, 0.6) is 0 Å². The van der Waals surface area contributed by atoms with Crippen molar-refractivity contribution in [1.29, 1.82) is 0 Å². The summed E-state index contributed by atoms with van der Waals surface area (Å²) in [6.45, 7) is 0. The van der Waals surface area contributed by atoms with Gasteiger partial charge in [0.05, 0.1) is 11.4 Å². The molecule has 0 unspecified atom stereocenters. The van der Waals surface area contributed by atoms with Crippen LogP contribution >= 0.6 is 11.3 Å². The van der Waals surface area contributed by atoms with Crippen molar-refractivity contribution in [3.63, 3.8) is 0 Å². The highest BCUT2D eigenvalue weighted by atomic mass is 32.1. The zero-order valence-electron chi connectivity index (χ0n) is 14.7. The third-order valence-electron chi connectivity index (χ3n) is 5.06. The molecule has 3 aromatic rings. The molecule has 1 aromatic carbocycles. The van der Waals surface area contributed by atoms with E-state index in [0.717, 1.165) is 34.3 Å². The number of nitrogens with zero attached hydrogens (tertiary/aromatic N) is 1. The third-order valence-corrected chi connectivity index (χ3v) is 6.17. The van der Waals surface area contributed by atoms with Crippen LogP contribution in [0.3, 0.4) is 0 Å². The minimum atomic E-state index is -0.0568. The number of amides is 1. The van der Waals surface area contributed by atoms with E-state index in [0.29, 0.717) is 10.6 Å². The molecule has 0 radical (unpaired) electrons. The summed E-state index contributed by atoms with van der Waals surface area (Å²) in [6, 6.07) is 14.2. The molecule has 1 amide bonds. The van der Waals surface area contributed by atoms with Gasteiger partial charge in [0.2, 0.25) is 0 Å². The van der Waals surface area contributed by atoms with Gasteiger partial charge in [-0.2, -0.15) is 0 Å². The molecule has 4 rings (SSSR count). The number of carbonyl (C=O) groups excluding carboxylic acids is 1. The highest BCUT2D eigenvalue weighted by Gasteiger charge is 2.21. The molecule has 0 aliphatic heterocycles. The topological polar surface area (TPSA) is 68.0 Å². The largest absolute Gasteiger partial charge is 0.397 e. The summed E-state index contributed by atoms with van der Waals surface area (Å²) in [5, 5.41) is 4.05. The SMILES string of the molecule is Nc1c(C(=O)NC2CCCCCC2)sc2nc(-c3ccccc3)ccc12. The maximum absolute atomic E-state index is 12.8. The Labute approximate surface area is 157 Å². The normalized spacial score (nSPS) is 15.7. The minimum Gasteiger partial charge on any atom is -0.397 e. The lowest BCUT2D eigenvalue weighted by Crippen LogP contribution is -2.34. The monoisotopic (exact) mass is 365 g/mol. The van der Waals surface area contributed by atoms with Gasteiger partial charge in [0.25, 0.3) is 5.91 Å². The van der Waals surface area contributed by atoms with Crippen LogP contribution in [-0.2, 0) is 0 Å². The summed E-state index contributed by atoms with van der Waals surface area (Å²) < 4.78 is 0. The molecule has 0 bridgehead atoms. The van der Waals surface area contributed by atoms with E-state index >= 15 is 0 Å². The summed E-state index contributed by atoms with van der Waals surface area (Å²) in [5.41, 5.74) is 8.78. The number of thiophene rings is 1. The molecule has 5 heteroatoms. The van der Waals surface area contributed by atoms with Crippen molar-refractivity contribution < 1.29 is 4.79 Å². The molecule has 3 N–H and O–H groups in total. The number of carbonyl (C=O) groups is 1. The van der Waals surface area contributed by atoms with Gasteiger partial charge >= 0.3 is 0 Å². The second-order valence-electron chi connectivity index (χ2n) is 6.92. The van der Waals surface area contributed by atoms with E-state index in [4.69, 9.17) is 10.7 Å². The maximum atomic E-state index is 12.8. The van der Waals surface area contributed by atoms with Crippen molar-refractivity contribution in [2.75, 3.05) is 5.73 Å². The van der Waals surface area contributed by atoms with Crippen molar-refractivity contribution >= 4 is 33.1 Å². The quantitative estimate of drug-likeness (QED) is 0.642. The predicted molar refractivity (Wildman–Crippen MR) is 108 cm³/mol. The number of anilines is 1. The summed E-state index contributed by atoms with van der Waals surface area (Å²) in [6.07, 6.45) is 7.04. The van der Waals surface area contributed by atoms with Crippen LogP contribution in [0.2, 0.25) is 0 Å². The lowest BCUT2D eigenvalue weighted by atomic mass is 10.1. The first-order valence-corrected chi connectivity index (χ1v) is 10.1. The number of aromatic nitrogens is 1. The lowest BCUT2D eigenvalue weighted by Gasteiger charge is -2.15. The number of rotatable bonds is 3. The van der Waals surface area contributed by atoms with Gasteiger partial charge in [-0.15, -0.1) is 11.3 Å². The first-order chi connectivity index (χ1) is 12.7. The van der Waals surface area contributed by atoms with Gasteiger partial charge in [0, 0.05) is 17.0 Å². The van der Waals surface area contributed by atoms with E-state index in [2.05, 4.69) is 5.32 Å². The molecule has 1 saturated carbocycles. The Morgan fingerprint density at radius 3 is 2.50 bits per heavy atom. The van der Waals surface area contributed by atoms with Crippen molar-refractivity contribution in [3.8, 4) is 11.3 Å². The molecule has 4 nitrogen and oxygen atoms in total. The number of nitrogens with one attached hydrogen (secondary N) is 1. The molecule has 0 atom stereocenters. The van der Waals surface area contributed by atoms with Crippen LogP contribution in [0.1, 0.15) is 48.2 Å². The van der Waals surface area contributed by atoms with Gasteiger partial charge in [-0.3, -0.25) is 4.79 Å². The lowest BCUT2D eigenvalue weighted by molar-refractivity contribution is 0.0938. The van der Waals surface area contributed by atoms with E-state index in [1.54, 1.807) is 0 Å². The molecule has 0 saturated heterocycles. The molecular weight excluding hydrogens is 342 g/mol. The fraction of sp³-hybridized carbons (Fsp3) is 0.333. The van der Waals surface area contributed by atoms with E-state index in [1.807, 2.05) is 42.5 Å². The highest BCUT2D eigenvalue weighted by Crippen LogP contribution is 2.34. The molecule has 1 aliphatic carbocycles. The Bertz CT molecular complexity index is 912. The molecule has 2 heterocycles. The van der Waals surface area contributed by atoms with Gasteiger partial charge in [0.15, 0.2) is 0 Å². The highest BCUT2D eigenvalue weighted by molar-refractivity contribution is 7.21. The standard InChI is InChI=1S/C21H23N3OS/c22-18-16-12-13-17(14-8-4-3-5-9-14)24-21(16)26-19(18)20(25)23-15-10-6-1-2-7-11-15/h3-5,8-9,12-13,15H,1-2,6-7,10-11,22H2,(H,23,25). The van der Waals surface area contributed by atoms with Gasteiger partial charge in [0.1, 0.15) is 9.71 Å². The molecule has 26 heavy (non-hydrogen) atoms. The Balaban J connectivity index is 1.61. The molecule has 1 fully saturated rings. The van der Waals surface area contributed by atoms with E-state index in [1.165, 1.54) is 37.0 Å². The van der Waals surface area contributed by atoms with Crippen molar-refractivity contribution in [3.05, 3.63) is 47.3 Å². The Morgan fingerprint density at radius 1 is 1.04 bits per heavy atom. The zero-order chi connectivity index (χ0) is 17.9. The first-order valence-electron chi connectivity index (χ1n) is 9.27. The van der Waals surface area contributed by atoms with Crippen LogP contribution in [0.4, 0.5) is 5.69 Å². The first kappa shape index (κ1) is 17.0. The number of hydrogen-bond acceptors (Lipinski definition) is 4. The minimum absolute atomic E-state index is 0.0568. The van der Waals surface area contributed by atoms with Gasteiger partial charge in [-0.25, -0.2) is 4.98 Å². The number of fused-ring (bicyclic) bond motifs is 1. The Hall–Kier alpha value is -2.40. The Morgan fingerprint density at radius 2 is 1.77 bits per heavy atom. The Kier molecular flexibility index (Phi) is 4.89. The van der Waals surface area contributed by atoms with Crippen LogP contribution in [0.15, 0.2) is 42.5 Å². The fourth-order valence-corrected chi connectivity index (χ4v) is 4.61. The van der Waals surface area contributed by atoms with Crippen LogP contribution in [-0.4, -0.2) is 16.9 Å². The molecule has 0 spiro atoms. The van der Waals surface area contributed by atoms with Crippen molar-refractivity contribution in [2.45, 2.75) is 44.6 Å². The summed E-state index contributed by atoms with van der Waals surface area (Å²) >= 11 is 1.39. The number of hydrogen-bond donors (Lipinski definition) is 2. The second kappa shape index (κ2) is 7.46. The number of nitrogen functional groups attached to an aromatic ring is 1. The van der Waals surface area contributed by atoms with Crippen LogP contribution in [0.25, 0.3) is 21.5 Å². The fourth-order valence-electron chi connectivity index (χ4n) is 3.61. The van der Waals surface area contributed by atoms with Crippen LogP contribution in [0, 0.1) is 0 Å². The van der Waals surface area contributed by atoms with Crippen molar-refractivity contribution in [2.24, 2.45) is 0 Å². The zero-order valence-corrected chi connectivity index (χ0v) is 15.5. The van der Waals surface area contributed by atoms with Gasteiger partial charge in [-0.1, -0.05) is 56.0 Å². The van der Waals surface area contributed by atoms with Crippen molar-refractivity contribution in [1.82, 2.24) is 10.3 Å². The summed E-state index contributed by atoms with van der Waals surface area (Å²) in [4.78, 5) is 18.9. The van der Waals surface area contributed by atoms with Gasteiger partial charge < -0.3 is 11.1 Å². The maximum Gasteiger partial charge on any atom is 0.263 e. The smallest absolute Gasteiger partial charge is 0.263 e. The van der Waals surface area contributed by atoms with E-state index in [-0.39, 0.29) is 11.9 Å². The number of benzene rings is 1. The van der Waals surface area contributed by atoms with E-state index < -0.39 is 0 Å². The summed E-state index contributed by atoms with van der Waals surface area (Å²) in [7, 11) is 0. The number of pyridine rings is 1. The third kappa shape index (κ3) is 3.44. The average Bonchev–Trinajstić information content (AvgIpc) is 2.83. The van der Waals surface area contributed by atoms with E-state index in [9.17, 15) is 4.79 Å². The predicted octanol–water partition coefficient (Wildman–Crippen LogP) is 5.00.